The van der Waals surface area contributed by atoms with Crippen molar-refractivity contribution in [2.75, 3.05) is 25.6 Å². The molecule has 0 radical (unpaired) electrons. The first-order chi connectivity index (χ1) is 7.81. The van der Waals surface area contributed by atoms with E-state index in [0.717, 1.165) is 26.1 Å². The van der Waals surface area contributed by atoms with E-state index in [1.54, 1.807) is 7.11 Å². The van der Waals surface area contributed by atoms with Crippen molar-refractivity contribution in [1.82, 2.24) is 5.32 Å². The summed E-state index contributed by atoms with van der Waals surface area (Å²) in [4.78, 5) is 0. The highest BCUT2D eigenvalue weighted by Crippen LogP contribution is 2.26. The number of methoxy groups -OCH3 is 1. The van der Waals surface area contributed by atoms with Crippen molar-refractivity contribution in [3.8, 4) is 0 Å². The minimum absolute atomic E-state index is 0.391. The Hall–Kier alpha value is -1.06. The summed E-state index contributed by atoms with van der Waals surface area (Å²) in [5.74, 6) is 0. The molecule has 0 saturated carbocycles. The molecular weight excluding hydrogens is 200 g/mol. The molecule has 88 valence electrons. The van der Waals surface area contributed by atoms with Gasteiger partial charge in [-0.25, -0.2) is 0 Å². The van der Waals surface area contributed by atoms with Crippen LogP contribution in [0.3, 0.4) is 0 Å². The van der Waals surface area contributed by atoms with E-state index in [9.17, 15) is 0 Å². The Labute approximate surface area is 97.2 Å². The normalized spacial score (nSPS) is 15.6. The van der Waals surface area contributed by atoms with Gasteiger partial charge < -0.3 is 15.4 Å². The smallest absolute Gasteiger partial charge is 0.0613 e. The minimum Gasteiger partial charge on any atom is -0.384 e. The quantitative estimate of drug-likeness (QED) is 0.793. The Balaban J connectivity index is 1.97. The first-order valence-corrected chi connectivity index (χ1v) is 5.88. The van der Waals surface area contributed by atoms with E-state index in [0.29, 0.717) is 6.04 Å². The summed E-state index contributed by atoms with van der Waals surface area (Å²) in [7, 11) is 1.74. The fraction of sp³-hybridized carbons (Fsp3) is 0.538. The molecule has 3 nitrogen and oxygen atoms in total. The Morgan fingerprint density at radius 3 is 3.19 bits per heavy atom. The Morgan fingerprint density at radius 1 is 1.50 bits per heavy atom. The van der Waals surface area contributed by atoms with Gasteiger partial charge in [-0.3, -0.25) is 0 Å². The molecule has 2 rings (SSSR count). The summed E-state index contributed by atoms with van der Waals surface area (Å²) in [6.07, 6.45) is 1.15. The lowest BCUT2D eigenvalue weighted by Crippen LogP contribution is -2.29. The van der Waals surface area contributed by atoms with Crippen molar-refractivity contribution < 1.29 is 4.74 Å². The van der Waals surface area contributed by atoms with Crippen LogP contribution in [0.5, 0.6) is 0 Å². The van der Waals surface area contributed by atoms with Gasteiger partial charge in [0.15, 0.2) is 0 Å². The number of ether oxygens (including phenoxy) is 1. The third-order valence-corrected chi connectivity index (χ3v) is 2.99. The molecule has 0 fully saturated rings. The average molecular weight is 220 g/mol. The highest BCUT2D eigenvalue weighted by Gasteiger charge is 2.13. The van der Waals surface area contributed by atoms with E-state index >= 15 is 0 Å². The van der Waals surface area contributed by atoms with Gasteiger partial charge in [0, 0.05) is 31.9 Å². The standard InChI is InChI=1S/C13H20N2O/c1-10(9-16-2)15-8-12-5-3-4-11-6-7-14-13(11)12/h3-5,10,14-15H,6-9H2,1-2H3. The van der Waals surface area contributed by atoms with Gasteiger partial charge in [0.2, 0.25) is 0 Å². The molecule has 0 amide bonds. The van der Waals surface area contributed by atoms with Crippen LogP contribution in [0.2, 0.25) is 0 Å². The second-order valence-corrected chi connectivity index (χ2v) is 4.37. The second kappa shape index (κ2) is 5.32. The van der Waals surface area contributed by atoms with Crippen molar-refractivity contribution in [2.45, 2.75) is 25.9 Å². The SMILES string of the molecule is COCC(C)NCc1cccc2c1NCC2. The van der Waals surface area contributed by atoms with Crippen molar-refractivity contribution in [3.63, 3.8) is 0 Å². The van der Waals surface area contributed by atoms with Gasteiger partial charge in [-0.1, -0.05) is 18.2 Å². The molecule has 1 aromatic rings. The maximum Gasteiger partial charge on any atom is 0.0613 e. The van der Waals surface area contributed by atoms with Gasteiger partial charge in [-0.2, -0.15) is 0 Å². The zero-order valence-electron chi connectivity index (χ0n) is 10.0. The highest BCUT2D eigenvalue weighted by atomic mass is 16.5. The summed E-state index contributed by atoms with van der Waals surface area (Å²) >= 11 is 0. The van der Waals surface area contributed by atoms with Gasteiger partial charge in [-0.05, 0) is 24.5 Å². The number of anilines is 1. The molecule has 1 heterocycles. The minimum atomic E-state index is 0.391. The van der Waals surface area contributed by atoms with E-state index in [1.807, 2.05) is 0 Å². The largest absolute Gasteiger partial charge is 0.384 e. The fourth-order valence-electron chi connectivity index (χ4n) is 2.15. The molecule has 1 aliphatic heterocycles. The predicted octanol–water partition coefficient (Wildman–Crippen LogP) is 1.78. The third kappa shape index (κ3) is 2.54. The van der Waals surface area contributed by atoms with E-state index in [4.69, 9.17) is 4.74 Å². The molecular formula is C13H20N2O. The number of fused-ring (bicyclic) bond motifs is 1. The van der Waals surface area contributed by atoms with Gasteiger partial charge in [0.05, 0.1) is 6.61 Å². The van der Waals surface area contributed by atoms with E-state index in [-0.39, 0.29) is 0 Å². The van der Waals surface area contributed by atoms with Gasteiger partial charge in [0.25, 0.3) is 0 Å². The van der Waals surface area contributed by atoms with Crippen LogP contribution in [0.1, 0.15) is 18.1 Å². The number of hydrogen-bond donors (Lipinski definition) is 2. The second-order valence-electron chi connectivity index (χ2n) is 4.37. The van der Waals surface area contributed by atoms with Crippen LogP contribution in [0.15, 0.2) is 18.2 Å². The lowest BCUT2D eigenvalue weighted by molar-refractivity contribution is 0.171. The zero-order chi connectivity index (χ0) is 11.4. The van der Waals surface area contributed by atoms with Gasteiger partial charge in [0.1, 0.15) is 0 Å². The molecule has 1 unspecified atom stereocenters. The molecule has 0 aliphatic carbocycles. The summed E-state index contributed by atoms with van der Waals surface area (Å²) < 4.78 is 5.11. The molecule has 1 atom stereocenters. The summed E-state index contributed by atoms with van der Waals surface area (Å²) in [6.45, 7) is 4.86. The van der Waals surface area contributed by atoms with E-state index in [2.05, 4.69) is 35.8 Å². The summed E-state index contributed by atoms with van der Waals surface area (Å²) in [5, 5.41) is 6.92. The van der Waals surface area contributed by atoms with Crippen molar-refractivity contribution >= 4 is 5.69 Å². The van der Waals surface area contributed by atoms with Crippen LogP contribution in [0.25, 0.3) is 0 Å². The zero-order valence-corrected chi connectivity index (χ0v) is 10.0. The lowest BCUT2D eigenvalue weighted by Gasteiger charge is -2.14. The number of hydrogen-bond acceptors (Lipinski definition) is 3. The first kappa shape index (κ1) is 11.4. The Bertz CT molecular complexity index is 352. The molecule has 0 saturated heterocycles. The first-order valence-electron chi connectivity index (χ1n) is 5.88. The molecule has 0 aromatic heterocycles. The topological polar surface area (TPSA) is 33.3 Å². The van der Waals surface area contributed by atoms with Crippen LogP contribution in [0.4, 0.5) is 5.69 Å². The van der Waals surface area contributed by atoms with Crippen LogP contribution in [-0.4, -0.2) is 26.3 Å². The molecule has 16 heavy (non-hydrogen) atoms. The third-order valence-electron chi connectivity index (χ3n) is 2.99. The van der Waals surface area contributed by atoms with Crippen molar-refractivity contribution in [3.05, 3.63) is 29.3 Å². The van der Waals surface area contributed by atoms with Crippen molar-refractivity contribution in [2.24, 2.45) is 0 Å². The maximum absolute atomic E-state index is 5.11. The van der Waals surface area contributed by atoms with E-state index in [1.165, 1.54) is 16.8 Å². The van der Waals surface area contributed by atoms with Crippen LogP contribution >= 0.6 is 0 Å². The number of para-hydroxylation sites is 1. The summed E-state index contributed by atoms with van der Waals surface area (Å²) in [5.41, 5.74) is 4.14. The number of benzene rings is 1. The van der Waals surface area contributed by atoms with Gasteiger partial charge in [-0.15, -0.1) is 0 Å². The van der Waals surface area contributed by atoms with Crippen LogP contribution in [-0.2, 0) is 17.7 Å². The Kier molecular flexibility index (Phi) is 3.80. The molecule has 0 spiro atoms. The Morgan fingerprint density at radius 2 is 2.38 bits per heavy atom. The molecule has 1 aromatic carbocycles. The molecule has 3 heteroatoms. The monoisotopic (exact) mass is 220 g/mol. The molecule has 0 bridgehead atoms. The average Bonchev–Trinajstić information content (AvgIpc) is 2.75. The maximum atomic E-state index is 5.11. The van der Waals surface area contributed by atoms with Crippen LogP contribution < -0.4 is 10.6 Å². The number of rotatable bonds is 5. The molecule has 2 N–H and O–H groups in total. The van der Waals surface area contributed by atoms with Gasteiger partial charge >= 0.3 is 0 Å². The summed E-state index contributed by atoms with van der Waals surface area (Å²) in [6, 6.07) is 6.92. The lowest BCUT2D eigenvalue weighted by atomic mass is 10.1. The van der Waals surface area contributed by atoms with Crippen molar-refractivity contribution in [1.29, 1.82) is 0 Å². The van der Waals surface area contributed by atoms with Crippen LogP contribution in [0, 0.1) is 0 Å². The number of nitrogens with one attached hydrogen (secondary N) is 2. The predicted molar refractivity (Wildman–Crippen MR) is 66.8 cm³/mol. The fourth-order valence-corrected chi connectivity index (χ4v) is 2.15. The highest BCUT2D eigenvalue weighted by molar-refractivity contribution is 5.61. The van der Waals surface area contributed by atoms with E-state index < -0.39 is 0 Å². The molecule has 1 aliphatic rings.